The van der Waals surface area contributed by atoms with Gasteiger partial charge in [-0.1, -0.05) is 41.5 Å². The summed E-state index contributed by atoms with van der Waals surface area (Å²) in [6.45, 7) is 13.2. The van der Waals surface area contributed by atoms with Gasteiger partial charge < -0.3 is 0 Å². The highest BCUT2D eigenvalue weighted by Gasteiger charge is 2.20. The van der Waals surface area contributed by atoms with Crippen LogP contribution in [-0.4, -0.2) is 9.97 Å². The molecule has 0 fully saturated rings. The van der Waals surface area contributed by atoms with E-state index in [1.807, 2.05) is 12.4 Å². The molecular weight excluding hydrogens is 288 g/mol. The second kappa shape index (κ2) is 6.04. The van der Waals surface area contributed by atoms with Gasteiger partial charge in [0.25, 0.3) is 0 Å². The molecule has 0 aliphatic rings. The fraction of sp³-hybridized carbons (Fsp3) is 0.474. The molecule has 2 aromatic heterocycles. The van der Waals surface area contributed by atoms with Crippen molar-refractivity contribution in [2.75, 3.05) is 0 Å². The average Bonchev–Trinajstić information content (AvgIpc) is 2.45. The van der Waals surface area contributed by atoms with Crippen molar-refractivity contribution >= 4 is 12.6 Å². The second-order valence-corrected chi connectivity index (χ2v) is 8.36. The Hall–Kier alpha value is -1.35. The Labute approximate surface area is 139 Å². The predicted octanol–water partition coefficient (Wildman–Crippen LogP) is 5.09. The molecule has 118 valence electrons. The van der Waals surface area contributed by atoms with E-state index >= 15 is 0 Å². The number of hydrogen-bond acceptors (Lipinski definition) is 3. The van der Waals surface area contributed by atoms with Crippen molar-refractivity contribution in [1.29, 1.82) is 0 Å². The highest BCUT2D eigenvalue weighted by atomic mass is 32.1. The summed E-state index contributed by atoms with van der Waals surface area (Å²) in [5.74, 6) is 0. The first-order valence-electron chi connectivity index (χ1n) is 7.70. The predicted molar refractivity (Wildman–Crippen MR) is 96.7 cm³/mol. The normalized spacial score (nSPS) is 12.7. The highest BCUT2D eigenvalue weighted by molar-refractivity contribution is 7.80. The third kappa shape index (κ3) is 3.89. The molecule has 0 amide bonds. The third-order valence-electron chi connectivity index (χ3n) is 3.85. The van der Waals surface area contributed by atoms with E-state index in [4.69, 9.17) is 12.6 Å². The summed E-state index contributed by atoms with van der Waals surface area (Å²) in [5, 5.41) is -0.107. The maximum atomic E-state index is 4.77. The molecule has 2 rings (SSSR count). The van der Waals surface area contributed by atoms with Crippen molar-refractivity contribution in [1.82, 2.24) is 9.97 Å². The summed E-state index contributed by atoms with van der Waals surface area (Å²) in [6, 6.07) is 8.43. The van der Waals surface area contributed by atoms with E-state index < -0.39 is 0 Å². The first-order valence-corrected chi connectivity index (χ1v) is 8.21. The Bertz CT molecular complexity index is 593. The second-order valence-electron chi connectivity index (χ2n) is 7.84. The quantitative estimate of drug-likeness (QED) is 0.781. The molecule has 0 atom stereocenters. The summed E-state index contributed by atoms with van der Waals surface area (Å²) in [4.78, 5) is 9.01. The van der Waals surface area contributed by atoms with Crippen LogP contribution in [0.2, 0.25) is 0 Å². The fourth-order valence-electron chi connectivity index (χ4n) is 2.28. The van der Waals surface area contributed by atoms with Crippen LogP contribution in [0.15, 0.2) is 36.7 Å². The minimum atomic E-state index is -0.107. The lowest BCUT2D eigenvalue weighted by atomic mass is 9.86. The van der Waals surface area contributed by atoms with Crippen LogP contribution in [0.25, 0.3) is 0 Å². The molecule has 3 heteroatoms. The molecule has 0 saturated carbocycles. The lowest BCUT2D eigenvalue weighted by Gasteiger charge is -2.22. The lowest BCUT2D eigenvalue weighted by Crippen LogP contribution is -2.14. The van der Waals surface area contributed by atoms with Crippen LogP contribution in [0, 0.1) is 0 Å². The van der Waals surface area contributed by atoms with Crippen LogP contribution in [-0.2, 0) is 10.8 Å². The van der Waals surface area contributed by atoms with Gasteiger partial charge in [-0.15, -0.1) is 0 Å². The van der Waals surface area contributed by atoms with Crippen LogP contribution in [0.1, 0.15) is 69.3 Å². The summed E-state index contributed by atoms with van der Waals surface area (Å²) in [7, 11) is 0. The van der Waals surface area contributed by atoms with E-state index in [2.05, 4.69) is 75.8 Å². The molecule has 0 unspecified atom stereocenters. The maximum Gasteiger partial charge on any atom is 0.0861 e. The van der Waals surface area contributed by atoms with E-state index in [9.17, 15) is 0 Å². The van der Waals surface area contributed by atoms with Gasteiger partial charge in [0.2, 0.25) is 0 Å². The zero-order valence-electron chi connectivity index (χ0n) is 14.4. The first kappa shape index (κ1) is 17.0. The number of hydrogen-bond donors (Lipinski definition) is 1. The van der Waals surface area contributed by atoms with E-state index in [0.29, 0.717) is 0 Å². The molecule has 2 aromatic rings. The number of pyridine rings is 2. The van der Waals surface area contributed by atoms with E-state index in [1.165, 1.54) is 11.1 Å². The van der Waals surface area contributed by atoms with E-state index in [0.717, 1.165) is 11.4 Å². The van der Waals surface area contributed by atoms with Crippen LogP contribution < -0.4 is 0 Å². The van der Waals surface area contributed by atoms with Gasteiger partial charge in [-0.05, 0) is 46.2 Å². The van der Waals surface area contributed by atoms with Crippen LogP contribution in [0.3, 0.4) is 0 Å². The van der Waals surface area contributed by atoms with Crippen LogP contribution >= 0.6 is 12.6 Å². The Balaban J connectivity index is 2.38. The zero-order valence-corrected chi connectivity index (χ0v) is 15.3. The van der Waals surface area contributed by atoms with Gasteiger partial charge in [0.1, 0.15) is 0 Å². The van der Waals surface area contributed by atoms with Crippen LogP contribution in [0.5, 0.6) is 0 Å². The van der Waals surface area contributed by atoms with Gasteiger partial charge in [-0.25, -0.2) is 0 Å². The van der Waals surface area contributed by atoms with Gasteiger partial charge >= 0.3 is 0 Å². The third-order valence-corrected chi connectivity index (χ3v) is 4.38. The molecule has 2 nitrogen and oxygen atoms in total. The van der Waals surface area contributed by atoms with Crippen LogP contribution in [0.4, 0.5) is 0 Å². The van der Waals surface area contributed by atoms with Gasteiger partial charge in [0, 0.05) is 12.4 Å². The molecule has 0 saturated heterocycles. The van der Waals surface area contributed by atoms with Crippen molar-refractivity contribution in [2.45, 2.75) is 57.6 Å². The maximum absolute atomic E-state index is 4.77. The SMILES string of the molecule is CC(C)(C)c1ccnc(C(S)c2cc(C(C)(C)C)ccn2)c1. The minimum absolute atomic E-state index is 0.103. The van der Waals surface area contributed by atoms with Gasteiger partial charge in [-0.3, -0.25) is 9.97 Å². The number of rotatable bonds is 2. The molecule has 0 N–H and O–H groups in total. The molecular formula is C19H26N2S. The van der Waals surface area contributed by atoms with E-state index in [1.54, 1.807) is 0 Å². The van der Waals surface area contributed by atoms with E-state index in [-0.39, 0.29) is 16.1 Å². The van der Waals surface area contributed by atoms with Crippen molar-refractivity contribution in [3.05, 3.63) is 59.2 Å². The number of nitrogens with zero attached hydrogens (tertiary/aromatic N) is 2. The zero-order chi connectivity index (χ0) is 16.5. The molecule has 0 aromatic carbocycles. The fourth-order valence-corrected chi connectivity index (χ4v) is 2.56. The molecule has 0 spiro atoms. The molecule has 0 aliphatic heterocycles. The summed E-state index contributed by atoms with van der Waals surface area (Å²) >= 11 is 4.77. The topological polar surface area (TPSA) is 25.8 Å². The minimum Gasteiger partial charge on any atom is -0.260 e. The van der Waals surface area contributed by atoms with Gasteiger partial charge in [0.15, 0.2) is 0 Å². The van der Waals surface area contributed by atoms with Crippen molar-refractivity contribution in [3.8, 4) is 0 Å². The molecule has 0 radical (unpaired) electrons. The Morgan fingerprint density at radius 3 is 1.45 bits per heavy atom. The smallest absolute Gasteiger partial charge is 0.0861 e. The molecule has 0 bridgehead atoms. The Kier molecular flexibility index (Phi) is 4.67. The summed E-state index contributed by atoms with van der Waals surface area (Å²) in [5.41, 5.74) is 4.65. The summed E-state index contributed by atoms with van der Waals surface area (Å²) in [6.07, 6.45) is 3.74. The first-order chi connectivity index (χ1) is 10.1. The van der Waals surface area contributed by atoms with Gasteiger partial charge in [0.05, 0.1) is 16.6 Å². The Morgan fingerprint density at radius 1 is 0.773 bits per heavy atom. The monoisotopic (exact) mass is 314 g/mol. The number of aromatic nitrogens is 2. The van der Waals surface area contributed by atoms with Crippen molar-refractivity contribution < 1.29 is 0 Å². The molecule has 0 aliphatic carbocycles. The van der Waals surface area contributed by atoms with Gasteiger partial charge in [-0.2, -0.15) is 12.6 Å². The molecule has 22 heavy (non-hydrogen) atoms. The van der Waals surface area contributed by atoms with Crippen molar-refractivity contribution in [3.63, 3.8) is 0 Å². The average molecular weight is 314 g/mol. The van der Waals surface area contributed by atoms with Crippen molar-refractivity contribution in [2.24, 2.45) is 0 Å². The lowest BCUT2D eigenvalue weighted by molar-refractivity contribution is 0.586. The number of thiol groups is 1. The standard InChI is InChI=1S/C19H26N2S/c1-18(2,3)13-7-9-20-15(11-13)17(22)16-12-14(8-10-21-16)19(4,5)6/h7-12,17,22H,1-6H3. The summed E-state index contributed by atoms with van der Waals surface area (Å²) < 4.78 is 0. The largest absolute Gasteiger partial charge is 0.260 e. The highest BCUT2D eigenvalue weighted by Crippen LogP contribution is 2.31. The molecule has 2 heterocycles. The Morgan fingerprint density at radius 2 is 1.14 bits per heavy atom.